The van der Waals surface area contributed by atoms with E-state index >= 15 is 0 Å². The van der Waals surface area contributed by atoms with E-state index in [9.17, 15) is 24.3 Å². The van der Waals surface area contributed by atoms with Crippen LogP contribution in [0.25, 0.3) is 6.08 Å². The van der Waals surface area contributed by atoms with Crippen LogP contribution in [0.4, 0.5) is 4.79 Å². The van der Waals surface area contributed by atoms with E-state index in [1.165, 1.54) is 18.2 Å². The molecule has 2 fully saturated rings. The summed E-state index contributed by atoms with van der Waals surface area (Å²) in [7, 11) is 0. The molecule has 4 rings (SSSR count). The molecule has 0 aromatic heterocycles. The van der Waals surface area contributed by atoms with Crippen molar-refractivity contribution in [2.24, 2.45) is 0 Å². The predicted molar refractivity (Wildman–Crippen MR) is 148 cm³/mol. The number of benzene rings is 2. The molecule has 0 saturated carbocycles. The largest absolute Gasteiger partial charge is 0.490 e. The van der Waals surface area contributed by atoms with E-state index in [0.29, 0.717) is 36.6 Å². The summed E-state index contributed by atoms with van der Waals surface area (Å²) in [6.45, 7) is 3.19. The molecule has 0 bridgehead atoms. The lowest BCUT2D eigenvalue weighted by molar-refractivity contribution is -0.135. The van der Waals surface area contributed by atoms with Crippen LogP contribution in [0.5, 0.6) is 11.5 Å². The van der Waals surface area contributed by atoms with Crippen LogP contribution in [0.2, 0.25) is 5.02 Å². The van der Waals surface area contributed by atoms with Crippen LogP contribution in [-0.2, 0) is 16.2 Å². The number of carboxylic acid groups (broad SMARTS) is 1. The summed E-state index contributed by atoms with van der Waals surface area (Å²) in [5.41, 5.74) is 1.30. The lowest BCUT2D eigenvalue weighted by atomic mass is 10.1. The monoisotopic (exact) mass is 572 g/mol. The van der Waals surface area contributed by atoms with Gasteiger partial charge in [0.25, 0.3) is 11.1 Å². The third-order valence-corrected chi connectivity index (χ3v) is 7.50. The van der Waals surface area contributed by atoms with E-state index in [4.69, 9.17) is 21.1 Å². The number of amides is 3. The Balaban J connectivity index is 1.50. The first-order valence-corrected chi connectivity index (χ1v) is 13.9. The fourth-order valence-corrected chi connectivity index (χ4v) is 5.48. The van der Waals surface area contributed by atoms with Gasteiger partial charge in [-0.15, -0.1) is 0 Å². The number of halogens is 1. The Hall–Kier alpha value is -3.50. The van der Waals surface area contributed by atoms with Gasteiger partial charge in [-0.2, -0.15) is 0 Å². The Morgan fingerprint density at radius 2 is 1.82 bits per heavy atom. The van der Waals surface area contributed by atoms with Gasteiger partial charge < -0.3 is 19.5 Å². The zero-order valence-electron chi connectivity index (χ0n) is 21.5. The van der Waals surface area contributed by atoms with Crippen LogP contribution < -0.4 is 9.47 Å². The minimum absolute atomic E-state index is 0.0597. The van der Waals surface area contributed by atoms with E-state index in [2.05, 4.69) is 0 Å². The van der Waals surface area contributed by atoms with Gasteiger partial charge in [0.1, 0.15) is 13.2 Å². The number of aromatic carboxylic acids is 1. The number of hydrogen-bond donors (Lipinski definition) is 1. The molecule has 9 nitrogen and oxygen atoms in total. The van der Waals surface area contributed by atoms with Gasteiger partial charge in [0.05, 0.1) is 22.1 Å². The molecule has 0 atom stereocenters. The molecule has 0 unspecified atom stereocenters. The average molecular weight is 573 g/mol. The summed E-state index contributed by atoms with van der Waals surface area (Å²) >= 11 is 7.29. The van der Waals surface area contributed by atoms with Gasteiger partial charge in [0.2, 0.25) is 5.91 Å². The van der Waals surface area contributed by atoms with Crippen LogP contribution in [0, 0.1) is 0 Å². The molecule has 2 aromatic rings. The quantitative estimate of drug-likeness (QED) is 0.394. The third kappa shape index (κ3) is 7.13. The van der Waals surface area contributed by atoms with Crippen molar-refractivity contribution in [1.82, 2.24) is 9.80 Å². The minimum atomic E-state index is -1.04. The fourth-order valence-electron chi connectivity index (χ4n) is 4.37. The number of rotatable bonds is 9. The highest BCUT2D eigenvalue weighted by Crippen LogP contribution is 2.39. The number of likely N-dealkylation sites (tertiary alicyclic amines) is 1. The summed E-state index contributed by atoms with van der Waals surface area (Å²) in [6.07, 6.45) is 5.52. The molecular weight excluding hydrogens is 544 g/mol. The van der Waals surface area contributed by atoms with E-state index in [-0.39, 0.29) is 40.3 Å². The average Bonchev–Trinajstić information content (AvgIpc) is 3.09. The highest BCUT2D eigenvalue weighted by Gasteiger charge is 2.37. The Bertz CT molecular complexity index is 1300. The standard InChI is InChI=1S/C28H29ClN2O7S/c1-2-37-22-14-19(13-21(29)25(22)38-17-18-8-7-9-20(12-18)27(34)35)15-23-26(33)31(28(36)39-23)16-24(32)30-10-5-3-4-6-11-30/h7-9,12-15H,2-6,10-11,16-17H2,1H3,(H,34,35). The first kappa shape index (κ1) is 28.5. The van der Waals surface area contributed by atoms with E-state index in [0.717, 1.165) is 42.3 Å². The topological polar surface area (TPSA) is 113 Å². The maximum Gasteiger partial charge on any atom is 0.335 e. The van der Waals surface area contributed by atoms with Gasteiger partial charge in [-0.05, 0) is 73.0 Å². The molecule has 2 aliphatic heterocycles. The van der Waals surface area contributed by atoms with Crippen molar-refractivity contribution < 1.29 is 33.8 Å². The van der Waals surface area contributed by atoms with Gasteiger partial charge in [0, 0.05) is 13.1 Å². The number of carbonyl (C=O) groups excluding carboxylic acids is 3. The first-order chi connectivity index (χ1) is 18.8. The second-order valence-electron chi connectivity index (χ2n) is 9.12. The molecule has 2 heterocycles. The third-order valence-electron chi connectivity index (χ3n) is 6.31. The molecule has 39 heavy (non-hydrogen) atoms. The van der Waals surface area contributed by atoms with Gasteiger partial charge in [-0.1, -0.05) is 36.6 Å². The van der Waals surface area contributed by atoms with Crippen molar-refractivity contribution in [3.8, 4) is 11.5 Å². The van der Waals surface area contributed by atoms with Crippen LogP contribution in [0.1, 0.15) is 54.1 Å². The highest BCUT2D eigenvalue weighted by molar-refractivity contribution is 8.18. The number of carbonyl (C=O) groups is 4. The molecule has 2 aliphatic rings. The van der Waals surface area contributed by atoms with Crippen LogP contribution in [-0.4, -0.2) is 64.2 Å². The van der Waals surface area contributed by atoms with Gasteiger partial charge in [-0.3, -0.25) is 19.3 Å². The van der Waals surface area contributed by atoms with Gasteiger partial charge >= 0.3 is 5.97 Å². The van der Waals surface area contributed by atoms with Crippen molar-refractivity contribution in [2.75, 3.05) is 26.2 Å². The van der Waals surface area contributed by atoms with E-state index in [1.807, 2.05) is 0 Å². The molecular formula is C28H29ClN2O7S. The zero-order chi connectivity index (χ0) is 27.9. The number of thioether (sulfide) groups is 1. The highest BCUT2D eigenvalue weighted by atomic mass is 35.5. The maximum atomic E-state index is 13.0. The lowest BCUT2D eigenvalue weighted by Gasteiger charge is -2.22. The van der Waals surface area contributed by atoms with Gasteiger partial charge in [0.15, 0.2) is 11.5 Å². The normalized spacial score (nSPS) is 16.9. The number of carboxylic acids is 1. The second kappa shape index (κ2) is 13.0. The zero-order valence-corrected chi connectivity index (χ0v) is 23.1. The number of hydrogen-bond acceptors (Lipinski definition) is 7. The molecule has 0 aliphatic carbocycles. The van der Waals surface area contributed by atoms with Crippen LogP contribution in [0.15, 0.2) is 41.3 Å². The molecule has 206 valence electrons. The second-order valence-corrected chi connectivity index (χ2v) is 10.5. The molecule has 3 amide bonds. The van der Waals surface area contributed by atoms with E-state index < -0.39 is 17.1 Å². The molecule has 2 aromatic carbocycles. The Morgan fingerprint density at radius 3 is 2.51 bits per heavy atom. The van der Waals surface area contributed by atoms with Gasteiger partial charge in [-0.25, -0.2) is 4.79 Å². The minimum Gasteiger partial charge on any atom is -0.490 e. The molecule has 1 N–H and O–H groups in total. The number of ether oxygens (including phenoxy) is 2. The Kier molecular flexibility index (Phi) is 9.53. The number of nitrogens with zero attached hydrogens (tertiary/aromatic N) is 2. The summed E-state index contributed by atoms with van der Waals surface area (Å²) in [5, 5.41) is 8.94. The Morgan fingerprint density at radius 1 is 1.08 bits per heavy atom. The van der Waals surface area contributed by atoms with Crippen molar-refractivity contribution in [3.05, 3.63) is 63.0 Å². The Labute approximate surface area is 235 Å². The molecule has 0 radical (unpaired) electrons. The van der Waals surface area contributed by atoms with Crippen molar-refractivity contribution >= 4 is 52.5 Å². The molecule has 0 spiro atoms. The smallest absolute Gasteiger partial charge is 0.335 e. The molecule has 2 saturated heterocycles. The summed E-state index contributed by atoms with van der Waals surface area (Å²) in [4.78, 5) is 52.5. The van der Waals surface area contributed by atoms with Crippen LogP contribution in [0.3, 0.4) is 0 Å². The summed E-state index contributed by atoms with van der Waals surface area (Å²) < 4.78 is 11.6. The predicted octanol–water partition coefficient (Wildman–Crippen LogP) is 5.45. The lowest BCUT2D eigenvalue weighted by Crippen LogP contribution is -2.42. The number of imide groups is 1. The first-order valence-electron chi connectivity index (χ1n) is 12.7. The maximum absolute atomic E-state index is 13.0. The SMILES string of the molecule is CCOc1cc(C=C2SC(=O)N(CC(=O)N3CCCCCC3)C2=O)cc(Cl)c1OCc1cccc(C(=O)O)c1. The molecule has 11 heteroatoms. The van der Waals surface area contributed by atoms with E-state index in [1.54, 1.807) is 36.1 Å². The van der Waals surface area contributed by atoms with Crippen LogP contribution >= 0.6 is 23.4 Å². The summed E-state index contributed by atoms with van der Waals surface area (Å²) in [6, 6.07) is 9.61. The van der Waals surface area contributed by atoms with Crippen molar-refractivity contribution in [3.63, 3.8) is 0 Å². The van der Waals surface area contributed by atoms with Crippen molar-refractivity contribution in [2.45, 2.75) is 39.2 Å². The fraction of sp³-hybridized carbons (Fsp3) is 0.357. The van der Waals surface area contributed by atoms with Crippen molar-refractivity contribution in [1.29, 1.82) is 0 Å². The summed E-state index contributed by atoms with van der Waals surface area (Å²) in [5.74, 6) is -1.18.